The highest BCUT2D eigenvalue weighted by Gasteiger charge is 2.36. The lowest BCUT2D eigenvalue weighted by molar-refractivity contribution is 0.661. The van der Waals surface area contributed by atoms with Gasteiger partial charge in [0, 0.05) is 49.3 Å². The largest absolute Gasteiger partial charge is 0.456 e. The number of rotatable bonds is 4. The number of fused-ring (bicyclic) bond motifs is 9. The van der Waals surface area contributed by atoms with Gasteiger partial charge in [0.1, 0.15) is 11.2 Å². The zero-order valence-corrected chi connectivity index (χ0v) is 29.3. The van der Waals surface area contributed by atoms with E-state index in [1.807, 2.05) is 48.5 Å². The zero-order chi connectivity index (χ0) is 35.3. The van der Waals surface area contributed by atoms with E-state index >= 15 is 0 Å². The molecule has 4 nitrogen and oxygen atoms in total. The second kappa shape index (κ2) is 11.1. The number of benzene rings is 7. The van der Waals surface area contributed by atoms with E-state index in [0.717, 1.165) is 55.7 Å². The Labute approximate surface area is 306 Å². The number of para-hydroxylation sites is 1. The number of hydrogen-bond acceptors (Lipinski definition) is 3. The van der Waals surface area contributed by atoms with Gasteiger partial charge in [-0.05, 0) is 70.8 Å². The van der Waals surface area contributed by atoms with Crippen LogP contribution < -0.4 is 0 Å². The van der Waals surface area contributed by atoms with Crippen LogP contribution in [0, 0.1) is 0 Å². The SMILES string of the molecule is CC1(C)c2ccccc2-c2cc3c(cc21)c1ccccc1n3-c1ccc2oc3cccc(-c4nc(-c5ccccc5)cc(-c5ccccc5)n4)c3c2c1. The molecule has 0 amide bonds. The molecule has 0 saturated carbocycles. The first-order chi connectivity index (χ1) is 26.0. The van der Waals surface area contributed by atoms with Gasteiger partial charge in [0.05, 0.1) is 22.4 Å². The van der Waals surface area contributed by atoms with Crippen LogP contribution in [0.25, 0.3) is 94.5 Å². The number of nitrogens with zero attached hydrogens (tertiary/aromatic N) is 3. The Morgan fingerprint density at radius 1 is 0.472 bits per heavy atom. The van der Waals surface area contributed by atoms with E-state index in [-0.39, 0.29) is 5.41 Å². The Hall–Kier alpha value is -6.78. The normalized spacial score (nSPS) is 13.2. The summed E-state index contributed by atoms with van der Waals surface area (Å²) in [6.07, 6.45) is 0. The summed E-state index contributed by atoms with van der Waals surface area (Å²) in [6, 6.07) is 58.0. The third-order valence-electron chi connectivity index (χ3n) is 11.2. The Morgan fingerprint density at radius 2 is 1.15 bits per heavy atom. The minimum absolute atomic E-state index is 0.0748. The molecule has 0 atom stereocenters. The molecule has 0 saturated heterocycles. The van der Waals surface area contributed by atoms with Crippen LogP contribution in [-0.4, -0.2) is 14.5 Å². The maximum Gasteiger partial charge on any atom is 0.161 e. The lowest BCUT2D eigenvalue weighted by Gasteiger charge is -2.21. The van der Waals surface area contributed by atoms with Gasteiger partial charge in [-0.1, -0.05) is 129 Å². The summed E-state index contributed by atoms with van der Waals surface area (Å²) in [5, 5.41) is 4.54. The Balaban J connectivity index is 1.16. The van der Waals surface area contributed by atoms with Gasteiger partial charge in [-0.2, -0.15) is 0 Å². The van der Waals surface area contributed by atoms with E-state index in [1.165, 1.54) is 44.1 Å². The Morgan fingerprint density at radius 3 is 1.92 bits per heavy atom. The minimum Gasteiger partial charge on any atom is -0.456 e. The van der Waals surface area contributed by atoms with Gasteiger partial charge in [-0.25, -0.2) is 9.97 Å². The molecule has 1 aliphatic carbocycles. The smallest absolute Gasteiger partial charge is 0.161 e. The summed E-state index contributed by atoms with van der Waals surface area (Å²) in [5.74, 6) is 0.664. The second-order valence-corrected chi connectivity index (χ2v) is 14.6. The van der Waals surface area contributed by atoms with Crippen LogP contribution in [0.4, 0.5) is 0 Å². The van der Waals surface area contributed by atoms with Gasteiger partial charge in [0.25, 0.3) is 0 Å². The fraction of sp³-hybridized carbons (Fsp3) is 0.0612. The molecular weight excluding hydrogens is 647 g/mol. The molecule has 3 heterocycles. The van der Waals surface area contributed by atoms with Crippen LogP contribution in [0.1, 0.15) is 25.0 Å². The van der Waals surface area contributed by atoms with Crippen molar-refractivity contribution in [3.05, 3.63) is 175 Å². The zero-order valence-electron chi connectivity index (χ0n) is 29.3. The maximum atomic E-state index is 6.55. The van der Waals surface area contributed by atoms with Crippen LogP contribution in [0.3, 0.4) is 0 Å². The monoisotopic (exact) mass is 679 g/mol. The van der Waals surface area contributed by atoms with Crippen molar-refractivity contribution in [2.45, 2.75) is 19.3 Å². The third kappa shape index (κ3) is 4.42. The lowest BCUT2D eigenvalue weighted by atomic mass is 9.82. The van der Waals surface area contributed by atoms with Gasteiger partial charge in [-0.3, -0.25) is 0 Å². The van der Waals surface area contributed by atoms with Crippen LogP contribution in [0.2, 0.25) is 0 Å². The van der Waals surface area contributed by atoms with Gasteiger partial charge >= 0.3 is 0 Å². The molecule has 10 aromatic rings. The van der Waals surface area contributed by atoms with Crippen molar-refractivity contribution in [2.24, 2.45) is 0 Å². The van der Waals surface area contributed by atoms with Crippen molar-refractivity contribution < 1.29 is 4.42 Å². The molecule has 1 aliphatic rings. The summed E-state index contributed by atoms with van der Waals surface area (Å²) in [6.45, 7) is 4.69. The molecule has 0 spiro atoms. The summed E-state index contributed by atoms with van der Waals surface area (Å²) in [7, 11) is 0. The molecule has 0 radical (unpaired) electrons. The predicted octanol–water partition coefficient (Wildman–Crippen LogP) is 12.8. The van der Waals surface area contributed by atoms with Gasteiger partial charge in [0.15, 0.2) is 5.82 Å². The molecule has 0 fully saturated rings. The quantitative estimate of drug-likeness (QED) is 0.186. The summed E-state index contributed by atoms with van der Waals surface area (Å²) in [4.78, 5) is 10.4. The molecule has 0 bridgehead atoms. The summed E-state index contributed by atoms with van der Waals surface area (Å²) >= 11 is 0. The number of furan rings is 1. The van der Waals surface area contributed by atoms with Crippen LogP contribution >= 0.6 is 0 Å². The summed E-state index contributed by atoms with van der Waals surface area (Å²) in [5.41, 5.74) is 15.2. The Kier molecular flexibility index (Phi) is 6.27. The highest BCUT2D eigenvalue weighted by Crippen LogP contribution is 2.51. The molecule has 7 aromatic carbocycles. The molecule has 4 heteroatoms. The topological polar surface area (TPSA) is 43.9 Å². The predicted molar refractivity (Wildman–Crippen MR) is 218 cm³/mol. The first-order valence-electron chi connectivity index (χ1n) is 18.2. The minimum atomic E-state index is -0.0748. The van der Waals surface area contributed by atoms with E-state index in [0.29, 0.717) is 5.82 Å². The number of hydrogen-bond donors (Lipinski definition) is 0. The Bertz CT molecular complexity index is 3020. The molecular formula is C49H33N3O. The second-order valence-electron chi connectivity index (χ2n) is 14.6. The maximum absolute atomic E-state index is 6.55. The third-order valence-corrected chi connectivity index (χ3v) is 11.2. The highest BCUT2D eigenvalue weighted by atomic mass is 16.3. The van der Waals surface area contributed by atoms with Crippen molar-refractivity contribution >= 4 is 43.7 Å². The highest BCUT2D eigenvalue weighted by molar-refractivity contribution is 6.14. The summed E-state index contributed by atoms with van der Waals surface area (Å²) < 4.78 is 8.97. The van der Waals surface area contributed by atoms with Crippen LogP contribution in [0.15, 0.2) is 168 Å². The van der Waals surface area contributed by atoms with Crippen LogP contribution in [-0.2, 0) is 5.41 Å². The van der Waals surface area contributed by atoms with Crippen molar-refractivity contribution in [1.82, 2.24) is 14.5 Å². The van der Waals surface area contributed by atoms with Crippen molar-refractivity contribution in [3.8, 4) is 50.7 Å². The van der Waals surface area contributed by atoms with Crippen LogP contribution in [0.5, 0.6) is 0 Å². The van der Waals surface area contributed by atoms with Gasteiger partial charge < -0.3 is 8.98 Å². The first kappa shape index (κ1) is 29.9. The molecule has 3 aromatic heterocycles. The molecule has 0 aliphatic heterocycles. The fourth-order valence-electron chi connectivity index (χ4n) is 8.66. The van der Waals surface area contributed by atoms with Gasteiger partial charge in [-0.15, -0.1) is 0 Å². The molecule has 53 heavy (non-hydrogen) atoms. The van der Waals surface area contributed by atoms with E-state index in [2.05, 4.69) is 134 Å². The fourth-order valence-corrected chi connectivity index (χ4v) is 8.66. The average molecular weight is 680 g/mol. The van der Waals surface area contributed by atoms with Crippen molar-refractivity contribution in [2.75, 3.05) is 0 Å². The molecule has 250 valence electrons. The van der Waals surface area contributed by atoms with Gasteiger partial charge in [0.2, 0.25) is 0 Å². The lowest BCUT2D eigenvalue weighted by Crippen LogP contribution is -2.14. The molecule has 11 rings (SSSR count). The van der Waals surface area contributed by atoms with E-state index < -0.39 is 0 Å². The first-order valence-corrected chi connectivity index (χ1v) is 18.2. The van der Waals surface area contributed by atoms with E-state index in [9.17, 15) is 0 Å². The van der Waals surface area contributed by atoms with E-state index in [4.69, 9.17) is 14.4 Å². The molecule has 0 unspecified atom stereocenters. The van der Waals surface area contributed by atoms with Crippen molar-refractivity contribution in [1.29, 1.82) is 0 Å². The average Bonchev–Trinajstić information content (AvgIpc) is 3.82. The standard InChI is InChI=1S/C49H33N3O/c1-49(2)39-21-11-9-18-33(39)36-28-44-37(27-40(36)49)34-19-10-12-22-43(34)52(44)32-24-25-45-38(26-32)47-35(20-13-23-46(47)53-45)48-50-41(30-14-5-3-6-15-30)29-42(51-48)31-16-7-4-8-17-31/h3-29H,1-2H3. The number of aromatic nitrogens is 3. The van der Waals surface area contributed by atoms with Crippen molar-refractivity contribution in [3.63, 3.8) is 0 Å². The van der Waals surface area contributed by atoms with E-state index in [1.54, 1.807) is 0 Å². The molecule has 0 N–H and O–H groups in total.